The summed E-state index contributed by atoms with van der Waals surface area (Å²) >= 11 is 0. The Bertz CT molecular complexity index is 1610. The van der Waals surface area contributed by atoms with Crippen LogP contribution >= 0.6 is 0 Å². The third-order valence-corrected chi connectivity index (χ3v) is 7.75. The first kappa shape index (κ1) is 26.4. The zero-order valence-electron chi connectivity index (χ0n) is 23.7. The van der Waals surface area contributed by atoms with Crippen LogP contribution in [-0.4, -0.2) is 11.6 Å². The number of carbonyl (C=O) groups is 2. The van der Waals surface area contributed by atoms with Crippen molar-refractivity contribution in [1.29, 1.82) is 0 Å². The molecule has 0 atom stereocenters. The van der Waals surface area contributed by atoms with Crippen molar-refractivity contribution in [2.75, 3.05) is 10.6 Å². The van der Waals surface area contributed by atoms with E-state index in [1.54, 1.807) is 12.1 Å². The van der Waals surface area contributed by atoms with Crippen LogP contribution in [0.2, 0.25) is 0 Å². The molecule has 0 heterocycles. The van der Waals surface area contributed by atoms with Crippen molar-refractivity contribution in [3.63, 3.8) is 0 Å². The molecule has 0 amide bonds. The number of hydrogen-bond acceptors (Lipinski definition) is 4. The molecule has 0 radical (unpaired) electrons. The first-order chi connectivity index (χ1) is 18.8. The molecule has 0 saturated heterocycles. The molecule has 4 aromatic rings. The highest BCUT2D eigenvalue weighted by Crippen LogP contribution is 2.40. The summed E-state index contributed by atoms with van der Waals surface area (Å²) < 4.78 is 0. The van der Waals surface area contributed by atoms with Crippen LogP contribution in [0.5, 0.6) is 0 Å². The topological polar surface area (TPSA) is 58.2 Å². The summed E-state index contributed by atoms with van der Waals surface area (Å²) in [4.78, 5) is 28.1. The van der Waals surface area contributed by atoms with Gasteiger partial charge in [0.05, 0.1) is 22.5 Å². The van der Waals surface area contributed by atoms with E-state index in [1.807, 2.05) is 24.3 Å². The van der Waals surface area contributed by atoms with Crippen molar-refractivity contribution in [2.45, 2.75) is 60.8 Å². The van der Waals surface area contributed by atoms with E-state index in [1.165, 1.54) is 27.8 Å². The van der Waals surface area contributed by atoms with Gasteiger partial charge in [-0.15, -0.1) is 0 Å². The summed E-state index contributed by atoms with van der Waals surface area (Å²) in [5, 5.41) is 7.18. The SMILES string of the molecule is CCc1cc(C)cc(C)c1Nc1ccc(Nc2c(CC)cc(C)cc2CC)c2c1C(=O)c1ccccc1C2=O. The number of nitrogens with one attached hydrogen (secondary N) is 2. The summed E-state index contributed by atoms with van der Waals surface area (Å²) in [5.74, 6) is -0.268. The summed E-state index contributed by atoms with van der Waals surface area (Å²) in [6.45, 7) is 12.7. The van der Waals surface area contributed by atoms with Crippen LogP contribution in [0.25, 0.3) is 0 Å². The third-order valence-electron chi connectivity index (χ3n) is 7.75. The van der Waals surface area contributed by atoms with Crippen LogP contribution in [0, 0.1) is 20.8 Å². The van der Waals surface area contributed by atoms with Crippen LogP contribution in [0.3, 0.4) is 0 Å². The second kappa shape index (κ2) is 10.5. The molecule has 0 aromatic heterocycles. The quantitative estimate of drug-likeness (QED) is 0.227. The van der Waals surface area contributed by atoms with Crippen molar-refractivity contribution in [3.8, 4) is 0 Å². The molecule has 0 aliphatic heterocycles. The van der Waals surface area contributed by atoms with Crippen LogP contribution in [0.1, 0.15) is 86.0 Å². The summed E-state index contributed by atoms with van der Waals surface area (Å²) in [7, 11) is 0. The van der Waals surface area contributed by atoms with Gasteiger partial charge in [0.25, 0.3) is 0 Å². The van der Waals surface area contributed by atoms with Gasteiger partial charge >= 0.3 is 0 Å². The van der Waals surface area contributed by atoms with E-state index in [-0.39, 0.29) is 11.6 Å². The Kier molecular flexibility index (Phi) is 7.14. The lowest BCUT2D eigenvalue weighted by atomic mass is 9.82. The Morgan fingerprint density at radius 2 is 0.974 bits per heavy atom. The smallest absolute Gasteiger partial charge is 0.196 e. The van der Waals surface area contributed by atoms with E-state index in [2.05, 4.69) is 76.4 Å². The Hall–Kier alpha value is -4.18. The lowest BCUT2D eigenvalue weighted by Gasteiger charge is -2.26. The number of ketones is 2. The highest BCUT2D eigenvalue weighted by Gasteiger charge is 2.34. The van der Waals surface area contributed by atoms with E-state index in [0.717, 1.165) is 36.2 Å². The van der Waals surface area contributed by atoms with E-state index < -0.39 is 0 Å². The number of anilines is 4. The molecule has 2 N–H and O–H groups in total. The minimum atomic E-state index is -0.135. The van der Waals surface area contributed by atoms with E-state index in [4.69, 9.17) is 0 Å². The maximum absolute atomic E-state index is 14.0. The fourth-order valence-corrected chi connectivity index (χ4v) is 5.87. The average Bonchev–Trinajstić information content (AvgIpc) is 2.93. The van der Waals surface area contributed by atoms with Crippen LogP contribution in [0.4, 0.5) is 22.7 Å². The lowest BCUT2D eigenvalue weighted by Crippen LogP contribution is -2.23. The highest BCUT2D eigenvalue weighted by molar-refractivity contribution is 6.32. The standard InChI is InChI=1S/C35H36N2O2/c1-7-23-17-20(4)16-22(6)32(23)36-28-14-15-29(37-33-24(8-2)18-21(5)19-25(33)9-3)31-30(28)34(38)26-12-10-11-13-27(26)35(31)39/h10-19,36-37H,7-9H2,1-6H3. The number of rotatable bonds is 7. The third kappa shape index (κ3) is 4.65. The van der Waals surface area contributed by atoms with Crippen LogP contribution < -0.4 is 10.6 Å². The molecule has 39 heavy (non-hydrogen) atoms. The second-order valence-electron chi connectivity index (χ2n) is 10.5. The number of aryl methyl sites for hydroxylation is 6. The van der Waals surface area contributed by atoms with E-state index in [0.29, 0.717) is 33.6 Å². The molecule has 0 spiro atoms. The maximum atomic E-state index is 14.0. The predicted octanol–water partition coefficient (Wildman–Crippen LogP) is 8.56. The zero-order valence-corrected chi connectivity index (χ0v) is 23.7. The normalized spacial score (nSPS) is 12.3. The fourth-order valence-electron chi connectivity index (χ4n) is 5.87. The molecular weight excluding hydrogens is 480 g/mol. The van der Waals surface area contributed by atoms with Gasteiger partial charge in [0.1, 0.15) is 0 Å². The summed E-state index contributed by atoms with van der Waals surface area (Å²) in [6.07, 6.45) is 2.58. The first-order valence-electron chi connectivity index (χ1n) is 13.9. The van der Waals surface area contributed by atoms with Gasteiger partial charge < -0.3 is 10.6 Å². The highest BCUT2D eigenvalue weighted by atomic mass is 16.1. The van der Waals surface area contributed by atoms with Gasteiger partial charge in [-0.3, -0.25) is 9.59 Å². The van der Waals surface area contributed by atoms with E-state index in [9.17, 15) is 9.59 Å². The van der Waals surface area contributed by atoms with Gasteiger partial charge in [-0.05, 0) is 74.4 Å². The number of fused-ring (bicyclic) bond motifs is 2. The molecule has 1 aliphatic carbocycles. The van der Waals surface area contributed by atoms with Gasteiger partial charge in [-0.1, -0.05) is 80.4 Å². The first-order valence-corrected chi connectivity index (χ1v) is 13.9. The van der Waals surface area contributed by atoms with Gasteiger partial charge in [-0.2, -0.15) is 0 Å². The lowest BCUT2D eigenvalue weighted by molar-refractivity contribution is 0.0980. The van der Waals surface area contributed by atoms with Gasteiger partial charge in [0, 0.05) is 22.5 Å². The van der Waals surface area contributed by atoms with Crippen molar-refractivity contribution < 1.29 is 9.59 Å². The molecule has 0 saturated carbocycles. The monoisotopic (exact) mass is 516 g/mol. The minimum Gasteiger partial charge on any atom is -0.354 e. The van der Waals surface area contributed by atoms with Crippen LogP contribution in [0.15, 0.2) is 60.7 Å². The van der Waals surface area contributed by atoms with Crippen molar-refractivity contribution in [2.24, 2.45) is 0 Å². The molecule has 198 valence electrons. The number of benzene rings is 4. The molecule has 4 heteroatoms. The van der Waals surface area contributed by atoms with Gasteiger partial charge in [0.15, 0.2) is 11.6 Å². The van der Waals surface area contributed by atoms with E-state index >= 15 is 0 Å². The Morgan fingerprint density at radius 3 is 1.44 bits per heavy atom. The molecule has 0 fully saturated rings. The zero-order chi connectivity index (χ0) is 27.8. The molecule has 0 unspecified atom stereocenters. The van der Waals surface area contributed by atoms with Crippen molar-refractivity contribution >= 4 is 34.3 Å². The molecule has 4 nitrogen and oxygen atoms in total. The Labute approximate surface area is 231 Å². The van der Waals surface area contributed by atoms with Gasteiger partial charge in [-0.25, -0.2) is 0 Å². The molecule has 5 rings (SSSR count). The largest absolute Gasteiger partial charge is 0.354 e. The average molecular weight is 517 g/mol. The predicted molar refractivity (Wildman–Crippen MR) is 162 cm³/mol. The fraction of sp³-hybridized carbons (Fsp3) is 0.257. The summed E-state index contributed by atoms with van der Waals surface area (Å²) in [6, 6.07) is 19.7. The van der Waals surface area contributed by atoms with Crippen molar-refractivity contribution in [1.82, 2.24) is 0 Å². The maximum Gasteiger partial charge on any atom is 0.196 e. The number of carbonyl (C=O) groups excluding carboxylic acids is 2. The minimum absolute atomic E-state index is 0.133. The Morgan fingerprint density at radius 1 is 0.564 bits per heavy atom. The molecule has 0 bridgehead atoms. The van der Waals surface area contributed by atoms with Crippen molar-refractivity contribution in [3.05, 3.63) is 116 Å². The Balaban J connectivity index is 1.72. The second-order valence-corrected chi connectivity index (χ2v) is 10.5. The molecule has 1 aliphatic rings. The summed E-state index contributed by atoms with van der Waals surface area (Å²) in [5.41, 5.74) is 12.2. The number of hydrogen-bond donors (Lipinski definition) is 2. The van der Waals surface area contributed by atoms with Crippen LogP contribution in [-0.2, 0) is 19.3 Å². The molecular formula is C35H36N2O2. The molecule has 4 aromatic carbocycles. The van der Waals surface area contributed by atoms with Gasteiger partial charge in [0.2, 0.25) is 0 Å².